The van der Waals surface area contributed by atoms with Crippen molar-refractivity contribution in [1.82, 2.24) is 19.7 Å². The standard InChI is InChI=1S/C29H39N7O3/c1-20-8-11-22(12-9-20)36-25(18-23(33-36)28(2,3)4)32-26(37)31-21-10-13-24(30-19-21)34-14-16-35(17-15-34)27(38)39-29(5,6)7/h8-13,18-19H,14-17H2,1-7H3,(H2,31,32,37). The third kappa shape index (κ3) is 7.28. The van der Waals surface area contributed by atoms with Gasteiger partial charge in [-0.15, -0.1) is 0 Å². The molecule has 1 aromatic carbocycles. The first-order valence-corrected chi connectivity index (χ1v) is 13.2. The molecular formula is C29H39N7O3. The number of ether oxygens (including phenoxy) is 1. The van der Waals surface area contributed by atoms with Crippen LogP contribution in [0.2, 0.25) is 0 Å². The van der Waals surface area contributed by atoms with Gasteiger partial charge in [0.1, 0.15) is 17.2 Å². The Hall–Kier alpha value is -4.08. The minimum absolute atomic E-state index is 0.180. The summed E-state index contributed by atoms with van der Waals surface area (Å²) >= 11 is 0. The second-order valence-corrected chi connectivity index (χ2v) is 11.9. The van der Waals surface area contributed by atoms with E-state index in [4.69, 9.17) is 9.84 Å². The molecule has 1 aliphatic rings. The normalized spacial score (nSPS) is 14.2. The first-order valence-electron chi connectivity index (χ1n) is 13.2. The highest BCUT2D eigenvalue weighted by molar-refractivity contribution is 5.99. The number of urea groups is 1. The molecule has 0 saturated carbocycles. The Kier molecular flexibility index (Phi) is 7.85. The quantitative estimate of drug-likeness (QED) is 0.454. The van der Waals surface area contributed by atoms with Crippen LogP contribution in [0.25, 0.3) is 5.69 Å². The summed E-state index contributed by atoms with van der Waals surface area (Å²) in [5.74, 6) is 1.37. The topological polar surface area (TPSA) is 105 Å². The van der Waals surface area contributed by atoms with Crippen molar-refractivity contribution in [3.8, 4) is 5.69 Å². The second kappa shape index (κ2) is 11.0. The Morgan fingerprint density at radius 3 is 2.13 bits per heavy atom. The first-order chi connectivity index (χ1) is 18.3. The number of hydrogen-bond donors (Lipinski definition) is 2. The average molecular weight is 534 g/mol. The molecule has 0 unspecified atom stereocenters. The van der Waals surface area contributed by atoms with Crippen molar-refractivity contribution in [2.45, 2.75) is 59.5 Å². The van der Waals surface area contributed by atoms with E-state index in [-0.39, 0.29) is 17.5 Å². The Bertz CT molecular complexity index is 1290. The number of rotatable bonds is 4. The Balaban J connectivity index is 1.38. The molecular weight excluding hydrogens is 494 g/mol. The number of anilines is 3. The molecule has 3 amide bonds. The number of nitrogens with one attached hydrogen (secondary N) is 2. The molecule has 1 fully saturated rings. The molecule has 4 rings (SSSR count). The van der Waals surface area contributed by atoms with E-state index in [1.807, 2.05) is 70.2 Å². The zero-order valence-electron chi connectivity index (χ0n) is 23.9. The molecule has 1 saturated heterocycles. The van der Waals surface area contributed by atoms with Crippen molar-refractivity contribution < 1.29 is 14.3 Å². The van der Waals surface area contributed by atoms with Crippen LogP contribution in [0.4, 0.5) is 26.9 Å². The van der Waals surface area contributed by atoms with Crippen molar-refractivity contribution in [2.24, 2.45) is 0 Å². The molecule has 10 heteroatoms. The number of aryl methyl sites for hydroxylation is 1. The molecule has 2 N–H and O–H groups in total. The first kappa shape index (κ1) is 27.9. The van der Waals surface area contributed by atoms with E-state index in [0.29, 0.717) is 37.7 Å². The summed E-state index contributed by atoms with van der Waals surface area (Å²) < 4.78 is 7.22. The van der Waals surface area contributed by atoms with Crippen LogP contribution in [0.1, 0.15) is 52.8 Å². The van der Waals surface area contributed by atoms with Gasteiger partial charge in [-0.05, 0) is 52.0 Å². The molecule has 1 aliphatic heterocycles. The summed E-state index contributed by atoms with van der Waals surface area (Å²) in [7, 11) is 0. The van der Waals surface area contributed by atoms with E-state index >= 15 is 0 Å². The monoisotopic (exact) mass is 533 g/mol. The molecule has 0 bridgehead atoms. The van der Waals surface area contributed by atoms with Gasteiger partial charge >= 0.3 is 12.1 Å². The van der Waals surface area contributed by atoms with Crippen molar-refractivity contribution >= 4 is 29.4 Å². The molecule has 0 aliphatic carbocycles. The predicted octanol–water partition coefficient (Wildman–Crippen LogP) is 5.57. The lowest BCUT2D eigenvalue weighted by molar-refractivity contribution is 0.0240. The van der Waals surface area contributed by atoms with Gasteiger partial charge in [-0.25, -0.2) is 19.3 Å². The van der Waals surface area contributed by atoms with Crippen LogP contribution in [0.3, 0.4) is 0 Å². The fraction of sp³-hybridized carbons (Fsp3) is 0.448. The molecule has 0 atom stereocenters. The van der Waals surface area contributed by atoms with E-state index < -0.39 is 5.60 Å². The summed E-state index contributed by atoms with van der Waals surface area (Å²) in [6, 6.07) is 13.2. The average Bonchev–Trinajstić information content (AvgIpc) is 3.28. The van der Waals surface area contributed by atoms with Crippen molar-refractivity contribution in [3.05, 3.63) is 59.9 Å². The number of nitrogens with zero attached hydrogens (tertiary/aromatic N) is 5. The van der Waals surface area contributed by atoms with E-state index in [2.05, 4.69) is 41.3 Å². The van der Waals surface area contributed by atoms with Crippen LogP contribution in [0.5, 0.6) is 0 Å². The summed E-state index contributed by atoms with van der Waals surface area (Å²) in [6.45, 7) is 16.3. The summed E-state index contributed by atoms with van der Waals surface area (Å²) in [4.78, 5) is 33.6. The van der Waals surface area contributed by atoms with Gasteiger partial charge < -0.3 is 19.9 Å². The number of piperazine rings is 1. The van der Waals surface area contributed by atoms with Crippen molar-refractivity contribution in [3.63, 3.8) is 0 Å². The highest BCUT2D eigenvalue weighted by Crippen LogP contribution is 2.27. The number of benzene rings is 1. The third-order valence-corrected chi connectivity index (χ3v) is 6.26. The maximum atomic E-state index is 12.9. The Morgan fingerprint density at radius 1 is 0.897 bits per heavy atom. The minimum Gasteiger partial charge on any atom is -0.444 e. The van der Waals surface area contributed by atoms with Crippen LogP contribution in [0, 0.1) is 6.92 Å². The summed E-state index contributed by atoms with van der Waals surface area (Å²) in [6.07, 6.45) is 1.34. The maximum Gasteiger partial charge on any atom is 0.410 e. The van der Waals surface area contributed by atoms with Crippen molar-refractivity contribution in [2.75, 3.05) is 41.7 Å². The zero-order valence-corrected chi connectivity index (χ0v) is 23.9. The van der Waals surface area contributed by atoms with Crippen LogP contribution in [0.15, 0.2) is 48.7 Å². The van der Waals surface area contributed by atoms with E-state index in [1.165, 1.54) is 0 Å². The number of aromatic nitrogens is 3. The highest BCUT2D eigenvalue weighted by Gasteiger charge is 2.26. The fourth-order valence-corrected chi connectivity index (χ4v) is 4.09. The van der Waals surface area contributed by atoms with E-state index in [9.17, 15) is 9.59 Å². The molecule has 0 radical (unpaired) electrons. The zero-order chi connectivity index (χ0) is 28.4. The van der Waals surface area contributed by atoms with Gasteiger partial charge in [0.05, 0.1) is 23.3 Å². The van der Waals surface area contributed by atoms with Gasteiger partial charge in [-0.2, -0.15) is 5.10 Å². The molecule has 3 heterocycles. The number of amides is 3. The Morgan fingerprint density at radius 2 is 1.56 bits per heavy atom. The van der Waals surface area contributed by atoms with Gasteiger partial charge in [0.25, 0.3) is 0 Å². The molecule has 3 aromatic rings. The molecule has 208 valence electrons. The van der Waals surface area contributed by atoms with Crippen LogP contribution in [-0.4, -0.2) is 63.6 Å². The lowest BCUT2D eigenvalue weighted by Crippen LogP contribution is -2.50. The minimum atomic E-state index is -0.514. The largest absolute Gasteiger partial charge is 0.444 e. The lowest BCUT2D eigenvalue weighted by Gasteiger charge is -2.36. The van der Waals surface area contributed by atoms with Gasteiger partial charge in [0.2, 0.25) is 0 Å². The summed E-state index contributed by atoms with van der Waals surface area (Å²) in [5.41, 5.74) is 2.76. The third-order valence-electron chi connectivity index (χ3n) is 6.26. The maximum absolute atomic E-state index is 12.9. The number of carbonyl (C=O) groups is 2. The van der Waals surface area contributed by atoms with Crippen LogP contribution >= 0.6 is 0 Å². The number of pyridine rings is 1. The van der Waals surface area contributed by atoms with Crippen molar-refractivity contribution in [1.29, 1.82) is 0 Å². The van der Waals surface area contributed by atoms with Crippen LogP contribution < -0.4 is 15.5 Å². The molecule has 0 spiro atoms. The van der Waals surface area contributed by atoms with Crippen LogP contribution in [-0.2, 0) is 10.2 Å². The molecule has 2 aromatic heterocycles. The van der Waals surface area contributed by atoms with Gasteiger partial charge in [-0.3, -0.25) is 5.32 Å². The van der Waals surface area contributed by atoms with E-state index in [0.717, 1.165) is 22.8 Å². The number of carbonyl (C=O) groups excluding carboxylic acids is 2. The fourth-order valence-electron chi connectivity index (χ4n) is 4.09. The smallest absolute Gasteiger partial charge is 0.410 e. The Labute approximate surface area is 230 Å². The summed E-state index contributed by atoms with van der Waals surface area (Å²) in [5, 5.41) is 10.6. The molecule has 39 heavy (non-hydrogen) atoms. The SMILES string of the molecule is Cc1ccc(-n2nc(C(C)(C)C)cc2NC(=O)Nc2ccc(N3CCN(C(=O)OC(C)(C)C)CC3)nc2)cc1. The predicted molar refractivity (Wildman–Crippen MR) is 154 cm³/mol. The van der Waals surface area contributed by atoms with E-state index in [1.54, 1.807) is 15.8 Å². The molecule has 10 nitrogen and oxygen atoms in total. The van der Waals surface area contributed by atoms with Gasteiger partial charge in [0.15, 0.2) is 0 Å². The van der Waals surface area contributed by atoms with Gasteiger partial charge in [0, 0.05) is 37.7 Å². The second-order valence-electron chi connectivity index (χ2n) is 11.9. The highest BCUT2D eigenvalue weighted by atomic mass is 16.6. The lowest BCUT2D eigenvalue weighted by atomic mass is 9.92. The number of hydrogen-bond acceptors (Lipinski definition) is 6. The van der Waals surface area contributed by atoms with Gasteiger partial charge in [-0.1, -0.05) is 38.5 Å².